The molecule has 0 bridgehead atoms. The number of likely N-dealkylation sites (N-methyl/N-ethyl adjacent to an activating group) is 1. The Morgan fingerprint density at radius 1 is 1.33 bits per heavy atom. The second kappa shape index (κ2) is 6.53. The van der Waals surface area contributed by atoms with E-state index in [0.29, 0.717) is 0 Å². The van der Waals surface area contributed by atoms with Gasteiger partial charge in [0.1, 0.15) is 0 Å². The summed E-state index contributed by atoms with van der Waals surface area (Å²) in [4.78, 5) is 6.42. The molecule has 86 valence electrons. The third kappa shape index (κ3) is 4.90. The molecule has 0 aliphatic heterocycles. The van der Waals surface area contributed by atoms with Crippen LogP contribution in [-0.4, -0.2) is 49.3 Å². The van der Waals surface area contributed by atoms with E-state index >= 15 is 0 Å². The van der Waals surface area contributed by atoms with Gasteiger partial charge in [-0.15, -0.1) is 0 Å². The second-order valence-corrected chi connectivity index (χ2v) is 3.86. The first-order valence-corrected chi connectivity index (χ1v) is 5.33. The van der Waals surface area contributed by atoms with E-state index in [2.05, 4.69) is 20.4 Å². The average Bonchev–Trinajstić information content (AvgIpc) is 2.63. The van der Waals surface area contributed by atoms with Crippen LogP contribution in [0, 0.1) is 0 Å². The number of hydrogen-bond acceptors (Lipinski definition) is 5. The van der Waals surface area contributed by atoms with Gasteiger partial charge in [-0.1, -0.05) is 5.16 Å². The lowest BCUT2D eigenvalue weighted by Crippen LogP contribution is -2.15. The number of nitrogens with one attached hydrogen (secondary N) is 1. The highest BCUT2D eigenvalue weighted by Crippen LogP contribution is 2.01. The zero-order valence-corrected chi connectivity index (χ0v) is 9.79. The average molecular weight is 212 g/mol. The van der Waals surface area contributed by atoms with E-state index in [9.17, 15) is 0 Å². The topological polar surface area (TPSA) is 54.2 Å². The highest BCUT2D eigenvalue weighted by atomic mass is 16.5. The third-order valence-corrected chi connectivity index (χ3v) is 2.11. The van der Waals surface area contributed by atoms with Crippen LogP contribution < -0.4 is 5.32 Å². The van der Waals surface area contributed by atoms with Crippen molar-refractivity contribution in [3.63, 3.8) is 0 Å². The second-order valence-electron chi connectivity index (χ2n) is 3.86. The Bertz CT molecular complexity index is 272. The molecule has 0 saturated carbocycles. The van der Waals surface area contributed by atoms with Gasteiger partial charge in [-0.05, 0) is 34.1 Å². The Balaban J connectivity index is 2.29. The molecular weight excluding hydrogens is 192 g/mol. The lowest BCUT2D eigenvalue weighted by molar-refractivity contribution is 0.341. The van der Waals surface area contributed by atoms with Crippen molar-refractivity contribution in [1.29, 1.82) is 0 Å². The molecule has 0 saturated heterocycles. The molecular formula is C10H20N4O. The molecule has 1 aromatic heterocycles. The highest BCUT2D eigenvalue weighted by molar-refractivity contribution is 4.87. The predicted molar refractivity (Wildman–Crippen MR) is 58.8 cm³/mol. The van der Waals surface area contributed by atoms with Crippen LogP contribution >= 0.6 is 0 Å². The fraction of sp³-hybridized carbons (Fsp3) is 0.800. The highest BCUT2D eigenvalue weighted by Gasteiger charge is 2.05. The maximum Gasteiger partial charge on any atom is 0.227 e. The van der Waals surface area contributed by atoms with Crippen molar-refractivity contribution in [3.05, 3.63) is 11.7 Å². The fourth-order valence-corrected chi connectivity index (χ4v) is 1.24. The zero-order valence-electron chi connectivity index (χ0n) is 9.79. The number of hydrogen-bond donors (Lipinski definition) is 1. The Morgan fingerprint density at radius 2 is 2.13 bits per heavy atom. The molecule has 0 fully saturated rings. The van der Waals surface area contributed by atoms with Crippen LogP contribution in [0.5, 0.6) is 0 Å². The third-order valence-electron chi connectivity index (χ3n) is 2.11. The smallest absolute Gasteiger partial charge is 0.227 e. The molecule has 5 nitrogen and oxygen atoms in total. The first-order valence-electron chi connectivity index (χ1n) is 5.33. The van der Waals surface area contributed by atoms with Crippen LogP contribution in [0.15, 0.2) is 4.52 Å². The van der Waals surface area contributed by atoms with E-state index in [0.717, 1.165) is 44.1 Å². The summed E-state index contributed by atoms with van der Waals surface area (Å²) in [6, 6.07) is 0. The lowest BCUT2D eigenvalue weighted by atomic mass is 10.3. The van der Waals surface area contributed by atoms with Gasteiger partial charge in [0.25, 0.3) is 0 Å². The first-order chi connectivity index (χ1) is 7.22. The molecule has 1 rings (SSSR count). The summed E-state index contributed by atoms with van der Waals surface area (Å²) in [6.07, 6.45) is 2.75. The molecule has 0 aliphatic rings. The van der Waals surface area contributed by atoms with Gasteiger partial charge in [0, 0.05) is 19.4 Å². The molecule has 1 aromatic rings. The van der Waals surface area contributed by atoms with Crippen LogP contribution in [0.4, 0.5) is 0 Å². The van der Waals surface area contributed by atoms with Crippen LogP contribution in [0.3, 0.4) is 0 Å². The number of aryl methyl sites for hydroxylation is 1. The quantitative estimate of drug-likeness (QED) is 0.660. The van der Waals surface area contributed by atoms with Crippen LogP contribution in [0.1, 0.15) is 18.1 Å². The molecule has 1 heterocycles. The molecule has 0 unspecified atom stereocenters. The summed E-state index contributed by atoms with van der Waals surface area (Å²) in [5, 5.41) is 7.03. The molecule has 15 heavy (non-hydrogen) atoms. The minimum atomic E-state index is 0.739. The Hall–Kier alpha value is -0.940. The summed E-state index contributed by atoms with van der Waals surface area (Å²) >= 11 is 0. The van der Waals surface area contributed by atoms with Crippen molar-refractivity contribution in [3.8, 4) is 0 Å². The van der Waals surface area contributed by atoms with Crippen molar-refractivity contribution in [2.24, 2.45) is 0 Å². The van der Waals surface area contributed by atoms with Crippen LogP contribution in [0.25, 0.3) is 0 Å². The van der Waals surface area contributed by atoms with E-state index < -0.39 is 0 Å². The summed E-state index contributed by atoms with van der Waals surface area (Å²) in [5.74, 6) is 1.56. The SMILES string of the molecule is CNCCCc1noc(CCN(C)C)n1. The van der Waals surface area contributed by atoms with E-state index in [1.54, 1.807) is 0 Å². The molecule has 1 N–H and O–H groups in total. The zero-order chi connectivity index (χ0) is 11.1. The van der Waals surface area contributed by atoms with E-state index in [1.165, 1.54) is 0 Å². The maximum atomic E-state index is 5.14. The molecule has 0 atom stereocenters. The minimum absolute atomic E-state index is 0.739. The number of nitrogens with zero attached hydrogens (tertiary/aromatic N) is 3. The number of aromatic nitrogens is 2. The van der Waals surface area contributed by atoms with E-state index in [4.69, 9.17) is 4.52 Å². The summed E-state index contributed by atoms with van der Waals surface area (Å²) in [7, 11) is 6.01. The molecule has 0 radical (unpaired) electrons. The van der Waals surface area contributed by atoms with Crippen molar-refractivity contribution < 1.29 is 4.52 Å². The molecule has 0 aromatic carbocycles. The van der Waals surface area contributed by atoms with Crippen molar-refractivity contribution in [2.45, 2.75) is 19.3 Å². The predicted octanol–water partition coefficient (Wildman–Crippen LogP) is 0.326. The van der Waals surface area contributed by atoms with Gasteiger partial charge in [-0.2, -0.15) is 4.98 Å². The van der Waals surface area contributed by atoms with E-state index in [1.807, 2.05) is 21.1 Å². The van der Waals surface area contributed by atoms with Gasteiger partial charge in [0.05, 0.1) is 0 Å². The Morgan fingerprint density at radius 3 is 2.80 bits per heavy atom. The fourth-order valence-electron chi connectivity index (χ4n) is 1.24. The molecule has 0 amide bonds. The standard InChI is InChI=1S/C10H20N4O/c1-11-7-4-5-9-12-10(15-13-9)6-8-14(2)3/h11H,4-8H2,1-3H3. The molecule has 0 spiro atoms. The van der Waals surface area contributed by atoms with Crippen LogP contribution in [-0.2, 0) is 12.8 Å². The lowest BCUT2D eigenvalue weighted by Gasteiger charge is -2.05. The minimum Gasteiger partial charge on any atom is -0.339 e. The largest absolute Gasteiger partial charge is 0.339 e. The van der Waals surface area contributed by atoms with Gasteiger partial charge < -0.3 is 14.7 Å². The Kier molecular flexibility index (Phi) is 5.28. The van der Waals surface area contributed by atoms with Gasteiger partial charge >= 0.3 is 0 Å². The van der Waals surface area contributed by atoms with Crippen molar-refractivity contribution >= 4 is 0 Å². The monoisotopic (exact) mass is 212 g/mol. The van der Waals surface area contributed by atoms with Crippen molar-refractivity contribution in [2.75, 3.05) is 34.2 Å². The maximum absolute atomic E-state index is 5.14. The van der Waals surface area contributed by atoms with Gasteiger partial charge in [0.15, 0.2) is 5.82 Å². The molecule has 0 aliphatic carbocycles. The van der Waals surface area contributed by atoms with Crippen molar-refractivity contribution in [1.82, 2.24) is 20.4 Å². The Labute approximate surface area is 90.8 Å². The first kappa shape index (κ1) is 12.1. The van der Waals surface area contributed by atoms with Gasteiger partial charge in [-0.3, -0.25) is 0 Å². The van der Waals surface area contributed by atoms with Gasteiger partial charge in [0.2, 0.25) is 5.89 Å². The summed E-state index contributed by atoms with van der Waals surface area (Å²) < 4.78 is 5.14. The summed E-state index contributed by atoms with van der Waals surface area (Å²) in [5.41, 5.74) is 0. The van der Waals surface area contributed by atoms with Gasteiger partial charge in [-0.25, -0.2) is 0 Å². The number of rotatable bonds is 7. The summed E-state index contributed by atoms with van der Waals surface area (Å²) in [6.45, 7) is 1.93. The molecule has 5 heteroatoms. The van der Waals surface area contributed by atoms with Crippen LogP contribution in [0.2, 0.25) is 0 Å². The normalized spacial score (nSPS) is 11.2. The van der Waals surface area contributed by atoms with E-state index in [-0.39, 0.29) is 0 Å².